The number of hydrogen-bond acceptors (Lipinski definition) is 5. The summed E-state index contributed by atoms with van der Waals surface area (Å²) < 4.78 is 0. The molecule has 0 bridgehead atoms. The topological polar surface area (TPSA) is 69.9 Å². The Hall–Kier alpha value is -1.98. The summed E-state index contributed by atoms with van der Waals surface area (Å²) in [6.07, 6.45) is 1.59. The fourth-order valence-corrected chi connectivity index (χ4v) is 0.997. The lowest BCUT2D eigenvalue weighted by molar-refractivity contribution is -0.149. The summed E-state index contributed by atoms with van der Waals surface area (Å²) in [5.74, 6) is -0.583. The van der Waals surface area contributed by atoms with Crippen LogP contribution in [0, 0.1) is 5.92 Å². The van der Waals surface area contributed by atoms with Gasteiger partial charge in [-0.3, -0.25) is 0 Å². The van der Waals surface area contributed by atoms with Crippen LogP contribution in [0.1, 0.15) is 13.8 Å². The molecule has 0 aliphatic carbocycles. The third-order valence-electron chi connectivity index (χ3n) is 1.83. The molecular weight excluding hydrogens is 196 g/mol. The Kier molecular flexibility index (Phi) is 2.32. The summed E-state index contributed by atoms with van der Waals surface area (Å²) in [7, 11) is 0. The van der Waals surface area contributed by atoms with Crippen LogP contribution in [0.15, 0.2) is 18.3 Å². The highest BCUT2D eigenvalue weighted by Gasteiger charge is 2.13. The smallest absolute Gasteiger partial charge is 0.315 e. The van der Waals surface area contributed by atoms with Gasteiger partial charge >= 0.3 is 5.97 Å². The Bertz CT molecular complexity index is 492. The zero-order valence-electron chi connectivity index (χ0n) is 8.41. The third-order valence-corrected chi connectivity index (χ3v) is 1.83. The summed E-state index contributed by atoms with van der Waals surface area (Å²) in [6.45, 7) is 3.49. The van der Waals surface area contributed by atoms with E-state index in [1.807, 2.05) is 0 Å². The Morgan fingerprint density at radius 2 is 2.33 bits per heavy atom. The molecule has 2 heterocycles. The van der Waals surface area contributed by atoms with Crippen LogP contribution in [0.5, 0.6) is 0 Å². The van der Waals surface area contributed by atoms with Crippen molar-refractivity contribution in [1.82, 2.24) is 20.1 Å². The van der Waals surface area contributed by atoms with Gasteiger partial charge in [0.2, 0.25) is 5.65 Å². The van der Waals surface area contributed by atoms with Crippen molar-refractivity contribution < 1.29 is 9.63 Å². The number of nitrogens with zero attached hydrogens (tertiary/aromatic N) is 4. The van der Waals surface area contributed by atoms with Crippen LogP contribution in [0.25, 0.3) is 11.2 Å². The minimum absolute atomic E-state index is 0.215. The number of carbonyl (C=O) groups is 1. The Balaban J connectivity index is 2.33. The Morgan fingerprint density at radius 3 is 3.07 bits per heavy atom. The van der Waals surface area contributed by atoms with Gasteiger partial charge < -0.3 is 4.84 Å². The van der Waals surface area contributed by atoms with Gasteiger partial charge in [0.05, 0.1) is 5.92 Å². The molecule has 2 rings (SSSR count). The molecule has 0 saturated heterocycles. The number of hydrogen-bond donors (Lipinski definition) is 0. The number of carbonyl (C=O) groups excluding carboxylic acids is 1. The molecule has 0 unspecified atom stereocenters. The quantitative estimate of drug-likeness (QED) is 0.667. The number of pyridine rings is 1. The molecule has 2 aromatic rings. The van der Waals surface area contributed by atoms with Crippen molar-refractivity contribution in [3.8, 4) is 0 Å². The molecule has 0 saturated carbocycles. The summed E-state index contributed by atoms with van der Waals surface area (Å²) in [5, 5.41) is 7.48. The minimum Gasteiger partial charge on any atom is -0.315 e. The average Bonchev–Trinajstić information content (AvgIpc) is 2.62. The largest absolute Gasteiger partial charge is 0.337 e. The van der Waals surface area contributed by atoms with Crippen molar-refractivity contribution in [3.63, 3.8) is 0 Å². The van der Waals surface area contributed by atoms with E-state index in [0.717, 1.165) is 4.85 Å². The van der Waals surface area contributed by atoms with Crippen LogP contribution in [0.4, 0.5) is 0 Å². The molecule has 6 nitrogen and oxygen atoms in total. The maximum Gasteiger partial charge on any atom is 0.337 e. The normalized spacial score (nSPS) is 10.9. The maximum atomic E-state index is 11.3. The number of rotatable bonds is 2. The van der Waals surface area contributed by atoms with Gasteiger partial charge in [-0.1, -0.05) is 13.8 Å². The van der Waals surface area contributed by atoms with Crippen molar-refractivity contribution in [2.75, 3.05) is 0 Å². The van der Waals surface area contributed by atoms with Crippen molar-refractivity contribution in [1.29, 1.82) is 0 Å². The summed E-state index contributed by atoms with van der Waals surface area (Å²) >= 11 is 0. The van der Waals surface area contributed by atoms with Crippen molar-refractivity contribution in [3.05, 3.63) is 18.3 Å². The van der Waals surface area contributed by atoms with Gasteiger partial charge in [0.15, 0.2) is 0 Å². The van der Waals surface area contributed by atoms with Gasteiger partial charge in [-0.25, -0.2) is 9.78 Å². The van der Waals surface area contributed by atoms with Crippen molar-refractivity contribution in [2.24, 2.45) is 5.92 Å². The first-order valence-electron chi connectivity index (χ1n) is 4.57. The Labute approximate surface area is 85.8 Å². The van der Waals surface area contributed by atoms with E-state index < -0.39 is 0 Å². The molecule has 0 radical (unpaired) electrons. The monoisotopic (exact) mass is 206 g/mol. The van der Waals surface area contributed by atoms with E-state index in [1.54, 1.807) is 32.2 Å². The number of aromatic nitrogens is 4. The standard InChI is InChI=1S/C9H10N4O2/c1-6(2)9(14)15-13-8-7(11-12-13)4-3-5-10-8/h3-6H,1-2H3. The van der Waals surface area contributed by atoms with E-state index in [9.17, 15) is 4.79 Å². The van der Waals surface area contributed by atoms with E-state index in [-0.39, 0.29) is 11.9 Å². The molecular formula is C9H10N4O2. The average molecular weight is 206 g/mol. The lowest BCUT2D eigenvalue weighted by atomic mass is 10.2. The minimum atomic E-state index is -0.368. The van der Waals surface area contributed by atoms with E-state index >= 15 is 0 Å². The van der Waals surface area contributed by atoms with E-state index in [4.69, 9.17) is 4.84 Å². The van der Waals surface area contributed by atoms with E-state index in [2.05, 4.69) is 15.3 Å². The highest BCUT2D eigenvalue weighted by Crippen LogP contribution is 2.05. The molecule has 0 N–H and O–H groups in total. The lowest BCUT2D eigenvalue weighted by Gasteiger charge is -2.03. The van der Waals surface area contributed by atoms with Gasteiger partial charge in [0.25, 0.3) is 0 Å². The molecule has 0 aliphatic rings. The summed E-state index contributed by atoms with van der Waals surface area (Å²) in [5.41, 5.74) is 1.03. The van der Waals surface area contributed by atoms with Crippen LogP contribution in [-0.4, -0.2) is 26.1 Å². The molecule has 0 amide bonds. The van der Waals surface area contributed by atoms with Crippen LogP contribution < -0.4 is 4.84 Å². The molecule has 15 heavy (non-hydrogen) atoms. The summed E-state index contributed by atoms with van der Waals surface area (Å²) in [4.78, 5) is 21.3. The Morgan fingerprint density at radius 1 is 1.53 bits per heavy atom. The molecule has 0 spiro atoms. The fraction of sp³-hybridized carbons (Fsp3) is 0.333. The van der Waals surface area contributed by atoms with Crippen LogP contribution >= 0.6 is 0 Å². The summed E-state index contributed by atoms with van der Waals surface area (Å²) in [6, 6.07) is 3.49. The number of fused-ring (bicyclic) bond motifs is 1. The SMILES string of the molecule is CC(C)C(=O)On1nnc2cccnc21. The molecule has 0 fully saturated rings. The molecule has 0 aromatic carbocycles. The molecule has 6 heteroatoms. The second kappa shape index (κ2) is 3.64. The van der Waals surface area contributed by atoms with Crippen LogP contribution in [-0.2, 0) is 4.79 Å². The van der Waals surface area contributed by atoms with Crippen LogP contribution in [0.3, 0.4) is 0 Å². The zero-order chi connectivity index (χ0) is 10.8. The first-order valence-corrected chi connectivity index (χ1v) is 4.57. The second-order valence-electron chi connectivity index (χ2n) is 3.37. The predicted molar refractivity (Wildman–Crippen MR) is 51.7 cm³/mol. The van der Waals surface area contributed by atoms with E-state index in [1.165, 1.54) is 0 Å². The van der Waals surface area contributed by atoms with Gasteiger partial charge in [-0.15, -0.1) is 5.10 Å². The lowest BCUT2D eigenvalue weighted by Crippen LogP contribution is -2.25. The van der Waals surface area contributed by atoms with E-state index in [0.29, 0.717) is 11.2 Å². The zero-order valence-corrected chi connectivity index (χ0v) is 8.41. The highest BCUT2D eigenvalue weighted by atomic mass is 16.7. The van der Waals surface area contributed by atoms with Crippen molar-refractivity contribution >= 4 is 17.1 Å². The van der Waals surface area contributed by atoms with Gasteiger partial charge in [-0.2, -0.15) is 0 Å². The van der Waals surface area contributed by atoms with Crippen LogP contribution in [0.2, 0.25) is 0 Å². The van der Waals surface area contributed by atoms with Gasteiger partial charge in [0, 0.05) is 6.20 Å². The third kappa shape index (κ3) is 1.78. The highest BCUT2D eigenvalue weighted by molar-refractivity contribution is 5.73. The van der Waals surface area contributed by atoms with Crippen molar-refractivity contribution in [2.45, 2.75) is 13.8 Å². The molecule has 2 aromatic heterocycles. The molecule has 78 valence electrons. The molecule has 0 aliphatic heterocycles. The molecule has 0 atom stereocenters. The van der Waals surface area contributed by atoms with Gasteiger partial charge in [-0.05, 0) is 22.2 Å². The van der Waals surface area contributed by atoms with Gasteiger partial charge in [0.1, 0.15) is 5.52 Å². The first-order chi connectivity index (χ1) is 7.18. The predicted octanol–water partition coefficient (Wildman–Crippen LogP) is 0.437. The maximum absolute atomic E-state index is 11.3. The fourth-order valence-electron chi connectivity index (χ4n) is 0.997. The second-order valence-corrected chi connectivity index (χ2v) is 3.37. The first kappa shape index (κ1) is 9.57.